The van der Waals surface area contributed by atoms with E-state index in [1.165, 1.54) is 19.0 Å². The second kappa shape index (κ2) is 9.68. The molecule has 47 heavy (non-hydrogen) atoms. The molecule has 6 N–H and O–H groups in total. The average molecular weight is 710 g/mol. The molecule has 250 valence electrons. The van der Waals surface area contributed by atoms with Gasteiger partial charge in [0.25, 0.3) is 5.56 Å². The topological polar surface area (TPSA) is 265 Å². The quantitative estimate of drug-likeness (QED) is 0.123. The normalized spacial score (nSPS) is 44.3. The average Bonchev–Trinajstić information content (AvgIpc) is 3.71. The Hall–Kier alpha value is -2.77. The van der Waals surface area contributed by atoms with E-state index in [-0.39, 0.29) is 29.5 Å². The second-order valence-electron chi connectivity index (χ2n) is 13.1. The highest BCUT2D eigenvalue weighted by molar-refractivity contribution is 8.44. The molecule has 4 saturated carbocycles. The molecule has 2 spiro atoms. The number of nitrogens with zero attached hydrogens (tertiary/aromatic N) is 7. The van der Waals surface area contributed by atoms with E-state index in [4.69, 9.17) is 23.8 Å². The number of aryl methyl sites for hydroxylation is 1. The van der Waals surface area contributed by atoms with Gasteiger partial charge in [-0.05, 0) is 31.6 Å². The third-order valence-corrected chi connectivity index (χ3v) is 13.2. The van der Waals surface area contributed by atoms with Crippen LogP contribution in [0.25, 0.3) is 22.3 Å². The smallest absolute Gasteiger partial charge is 0.388 e. The highest BCUT2D eigenvalue weighted by Gasteiger charge is 2.76. The predicted octanol–water partition coefficient (Wildman–Crippen LogP) is 0.649. The minimum absolute atomic E-state index is 0.0613. The molecule has 19 nitrogen and oxygen atoms in total. The molecule has 5 fully saturated rings. The third-order valence-electron chi connectivity index (χ3n) is 10.7. The molecule has 12 atom stereocenters. The standard InChI is InChI=1S/C25H29N9O10P2S/c1-9-31-22-13(23(37)32-9)30-8-34(22)15-11-3-25(11)5-42-46(40,47)44-19-17(36)14(33-7-29-12-20(26)27-6-28-21(12)33)10-2-24(10,19)4-41-45(38,39)43-18(25)16(15)35/h6-8,10-11,14-19,35-36H,2-5H2,1H3,(H,38,39)(H,40,47)(H2,26,27,28)(H,31,32,37)/t10-,11-,14-,15-,16+,17+,18+,19+,24?,25?,46?/m1/s1. The molecule has 1 aliphatic heterocycles. The van der Waals surface area contributed by atoms with E-state index in [9.17, 15) is 29.0 Å². The van der Waals surface area contributed by atoms with Crippen LogP contribution in [0, 0.1) is 29.6 Å². The van der Waals surface area contributed by atoms with E-state index in [2.05, 4.69) is 42.2 Å². The number of nitrogens with two attached hydrogens (primary N) is 1. The number of hydrogen-bond donors (Lipinski definition) is 6. The van der Waals surface area contributed by atoms with Crippen molar-refractivity contribution in [2.24, 2.45) is 22.7 Å². The number of fused-ring (bicyclic) bond motifs is 2. The number of nitrogen functional groups attached to an aromatic ring is 1. The van der Waals surface area contributed by atoms with Crippen LogP contribution in [0.3, 0.4) is 0 Å². The summed E-state index contributed by atoms with van der Waals surface area (Å²) in [4.78, 5) is 47.2. The lowest BCUT2D eigenvalue weighted by atomic mass is 10.0. The zero-order valence-corrected chi connectivity index (χ0v) is 27.1. The van der Waals surface area contributed by atoms with Crippen LogP contribution < -0.4 is 11.3 Å². The number of phosphoric acid groups is 1. The second-order valence-corrected chi connectivity index (χ2v) is 17.4. The molecule has 4 unspecified atom stereocenters. The van der Waals surface area contributed by atoms with Crippen LogP contribution in [0.4, 0.5) is 5.82 Å². The van der Waals surface area contributed by atoms with E-state index in [0.29, 0.717) is 29.8 Å². The first-order chi connectivity index (χ1) is 22.3. The summed E-state index contributed by atoms with van der Waals surface area (Å²) in [6.07, 6.45) is -0.416. The maximum absolute atomic E-state index is 13.8. The van der Waals surface area contributed by atoms with Crippen LogP contribution in [-0.4, -0.2) is 91.8 Å². The van der Waals surface area contributed by atoms with Crippen LogP contribution in [0.1, 0.15) is 30.7 Å². The highest BCUT2D eigenvalue weighted by atomic mass is 32.7. The zero-order chi connectivity index (χ0) is 32.8. The highest BCUT2D eigenvalue weighted by Crippen LogP contribution is 2.76. The molecule has 0 amide bonds. The Kier molecular flexibility index (Phi) is 6.24. The molecule has 9 rings (SSSR count). The van der Waals surface area contributed by atoms with Crippen molar-refractivity contribution in [2.75, 3.05) is 18.9 Å². The Labute approximate surface area is 269 Å². The Balaban J connectivity index is 1.06. The Morgan fingerprint density at radius 1 is 0.936 bits per heavy atom. The first-order valence-corrected chi connectivity index (χ1v) is 19.0. The van der Waals surface area contributed by atoms with Crippen molar-refractivity contribution >= 4 is 55.0 Å². The van der Waals surface area contributed by atoms with Crippen molar-refractivity contribution < 1.29 is 42.3 Å². The minimum atomic E-state index is -4.86. The lowest BCUT2D eigenvalue weighted by Crippen LogP contribution is -2.40. The molecule has 5 heterocycles. The lowest BCUT2D eigenvalue weighted by Gasteiger charge is -2.34. The van der Waals surface area contributed by atoms with Gasteiger partial charge in [0.05, 0.1) is 38.0 Å². The van der Waals surface area contributed by atoms with Gasteiger partial charge < -0.3 is 39.5 Å². The van der Waals surface area contributed by atoms with Crippen molar-refractivity contribution in [3.63, 3.8) is 0 Å². The molecular formula is C25H29N9O10P2S. The molecule has 1 saturated heterocycles. The summed E-state index contributed by atoms with van der Waals surface area (Å²) in [7, 11) is -4.86. The number of H-pyrrole nitrogens is 1. The molecule has 4 aromatic rings. The Bertz CT molecular complexity index is 2150. The van der Waals surface area contributed by atoms with Crippen LogP contribution in [0.5, 0.6) is 0 Å². The summed E-state index contributed by atoms with van der Waals surface area (Å²) in [6, 6.07) is -1.49. The van der Waals surface area contributed by atoms with Gasteiger partial charge in [-0.15, -0.1) is 0 Å². The fourth-order valence-electron chi connectivity index (χ4n) is 8.43. The Morgan fingerprint density at radius 2 is 1.53 bits per heavy atom. The molecule has 0 aromatic carbocycles. The van der Waals surface area contributed by atoms with Crippen molar-refractivity contribution in [2.45, 2.75) is 56.3 Å². The number of aromatic nitrogens is 8. The molecule has 4 aliphatic carbocycles. The van der Waals surface area contributed by atoms with E-state index < -0.39 is 80.0 Å². The van der Waals surface area contributed by atoms with E-state index in [1.54, 1.807) is 16.1 Å². The third kappa shape index (κ3) is 4.27. The van der Waals surface area contributed by atoms with E-state index in [0.717, 1.165) is 0 Å². The van der Waals surface area contributed by atoms with Crippen LogP contribution >= 0.6 is 26.9 Å². The minimum Gasteiger partial charge on any atom is -0.388 e. The number of anilines is 1. The summed E-state index contributed by atoms with van der Waals surface area (Å²) in [5.74, 6) is -0.330. The maximum Gasteiger partial charge on any atom is 0.472 e. The first kappa shape index (κ1) is 30.3. The van der Waals surface area contributed by atoms with E-state index >= 15 is 0 Å². The van der Waals surface area contributed by atoms with Gasteiger partial charge in [0.15, 0.2) is 22.6 Å². The summed E-state index contributed by atoms with van der Waals surface area (Å²) < 4.78 is 53.7. The van der Waals surface area contributed by atoms with Gasteiger partial charge in [-0.2, -0.15) is 0 Å². The number of nitrogens with one attached hydrogen (secondary N) is 1. The summed E-state index contributed by atoms with van der Waals surface area (Å²) in [6.45, 7) is -3.35. The van der Waals surface area contributed by atoms with Gasteiger partial charge in [0, 0.05) is 10.8 Å². The number of phosphoric ester groups is 1. The largest absolute Gasteiger partial charge is 0.472 e. The predicted molar refractivity (Wildman–Crippen MR) is 162 cm³/mol. The van der Waals surface area contributed by atoms with E-state index in [1.807, 2.05) is 0 Å². The summed E-state index contributed by atoms with van der Waals surface area (Å²) in [5.41, 5.74) is 4.29. The molecule has 5 aliphatic rings. The SMILES string of the molecule is Cc1nc2c(ncn2[C@H]2[C@H](O)[C@@H]3OP(=O)(O)OCC45C[C@@H]4[C@@H](n4cnc6c(N)ncnc64)[C@H](O)[C@@H]5OP(=O)(S)OCC34C[C@H]24)c(=O)[nH]1. The van der Waals surface area contributed by atoms with Crippen molar-refractivity contribution in [1.29, 1.82) is 0 Å². The van der Waals surface area contributed by atoms with Gasteiger partial charge >= 0.3 is 14.6 Å². The van der Waals surface area contributed by atoms with Crippen molar-refractivity contribution in [1.82, 2.24) is 39.0 Å². The van der Waals surface area contributed by atoms with Gasteiger partial charge in [-0.25, -0.2) is 34.0 Å². The van der Waals surface area contributed by atoms with Crippen LogP contribution in [-0.2, 0) is 27.2 Å². The number of rotatable bonds is 2. The van der Waals surface area contributed by atoms with Crippen molar-refractivity contribution in [3.05, 3.63) is 35.2 Å². The van der Waals surface area contributed by atoms with Gasteiger partial charge in [0.1, 0.15) is 42.1 Å². The summed E-state index contributed by atoms with van der Waals surface area (Å²) in [5, 5.41) is 23.2. The molecule has 4 aromatic heterocycles. The fourth-order valence-corrected chi connectivity index (χ4v) is 11.1. The monoisotopic (exact) mass is 709 g/mol. The van der Waals surface area contributed by atoms with Gasteiger partial charge in [-0.1, -0.05) is 12.2 Å². The number of aliphatic hydroxyl groups is 2. The number of imidazole rings is 2. The maximum atomic E-state index is 13.8. The number of aliphatic hydroxyl groups excluding tert-OH is 2. The summed E-state index contributed by atoms with van der Waals surface area (Å²) >= 11 is 4.26. The zero-order valence-electron chi connectivity index (χ0n) is 24.4. The number of thiol groups is 1. The lowest BCUT2D eigenvalue weighted by molar-refractivity contribution is -0.0526. The fraction of sp³-hybridized carbons (Fsp3) is 0.600. The molecular weight excluding hydrogens is 680 g/mol. The molecule has 0 radical (unpaired) electrons. The first-order valence-electron chi connectivity index (χ1n) is 14.8. The van der Waals surface area contributed by atoms with Crippen molar-refractivity contribution in [3.8, 4) is 0 Å². The van der Waals surface area contributed by atoms with Crippen LogP contribution in [0.2, 0.25) is 0 Å². The van der Waals surface area contributed by atoms with Crippen LogP contribution in [0.15, 0.2) is 23.8 Å². The number of hydrogen-bond acceptors (Lipinski definition) is 15. The number of aromatic amines is 1. The Morgan fingerprint density at radius 3 is 2.21 bits per heavy atom. The van der Waals surface area contributed by atoms with Gasteiger partial charge in [0.2, 0.25) is 0 Å². The molecule has 0 bridgehead atoms. The van der Waals surface area contributed by atoms with Gasteiger partial charge in [-0.3, -0.25) is 18.4 Å². The molecule has 22 heteroatoms.